The molecule has 2 heterocycles. The van der Waals surface area contributed by atoms with Crippen LogP contribution in [0, 0.1) is 0 Å². The van der Waals surface area contributed by atoms with E-state index in [4.69, 9.17) is 0 Å². The second-order valence-corrected chi connectivity index (χ2v) is 6.55. The molecule has 1 N–H and O–H groups in total. The lowest BCUT2D eigenvalue weighted by molar-refractivity contribution is 0.706. The van der Waals surface area contributed by atoms with Crippen molar-refractivity contribution < 1.29 is 0 Å². The third kappa shape index (κ3) is 4.26. The first-order chi connectivity index (χ1) is 9.19. The summed E-state index contributed by atoms with van der Waals surface area (Å²) in [7, 11) is 2.03. The number of hydrogen-bond acceptors (Lipinski definition) is 5. The van der Waals surface area contributed by atoms with Crippen LogP contribution in [0.1, 0.15) is 18.2 Å². The maximum absolute atomic E-state index is 4.45. The Kier molecular flexibility index (Phi) is 5.30. The molecule has 0 fully saturated rings. The molecule has 0 unspecified atom stereocenters. The summed E-state index contributed by atoms with van der Waals surface area (Å²) in [5.74, 6) is 0.891. The van der Waals surface area contributed by atoms with Gasteiger partial charge in [0, 0.05) is 20.1 Å². The van der Waals surface area contributed by atoms with Crippen molar-refractivity contribution in [1.82, 2.24) is 15.3 Å². The zero-order chi connectivity index (χ0) is 13.7. The van der Waals surface area contributed by atoms with E-state index < -0.39 is 0 Å². The minimum atomic E-state index is 0.769. The molecule has 0 radical (unpaired) electrons. The lowest BCUT2D eigenvalue weighted by Crippen LogP contribution is -2.18. The number of nitrogens with one attached hydrogen (secondary N) is 1. The van der Waals surface area contributed by atoms with Gasteiger partial charge in [-0.1, -0.05) is 6.92 Å². The number of aromatic nitrogens is 2. The molecular formula is C13H17BrN4S. The van der Waals surface area contributed by atoms with E-state index in [2.05, 4.69) is 54.5 Å². The first-order valence-corrected chi connectivity index (χ1v) is 7.82. The molecule has 102 valence electrons. The predicted molar refractivity (Wildman–Crippen MR) is 83.5 cm³/mol. The number of anilines is 1. The van der Waals surface area contributed by atoms with E-state index in [0.29, 0.717) is 0 Å². The van der Waals surface area contributed by atoms with Crippen molar-refractivity contribution in [2.45, 2.75) is 20.0 Å². The first-order valence-electron chi connectivity index (χ1n) is 6.14. The molecule has 0 aliphatic rings. The normalized spacial score (nSPS) is 10.7. The van der Waals surface area contributed by atoms with E-state index in [1.165, 1.54) is 5.56 Å². The molecule has 0 bridgehead atoms. The number of rotatable bonds is 6. The molecule has 2 rings (SSSR count). The molecule has 6 heteroatoms. The largest absolute Gasteiger partial charge is 0.354 e. The number of thiophene rings is 1. The van der Waals surface area contributed by atoms with Crippen molar-refractivity contribution in [2.24, 2.45) is 0 Å². The van der Waals surface area contributed by atoms with Crippen LogP contribution in [0.4, 0.5) is 5.82 Å². The Bertz CT molecular complexity index is 512. The molecule has 4 nitrogen and oxygen atoms in total. The summed E-state index contributed by atoms with van der Waals surface area (Å²) in [5, 5.41) is 5.38. The van der Waals surface area contributed by atoms with Crippen molar-refractivity contribution >= 4 is 33.1 Å². The first kappa shape index (κ1) is 14.4. The van der Waals surface area contributed by atoms with E-state index in [0.717, 1.165) is 34.9 Å². The summed E-state index contributed by atoms with van der Waals surface area (Å²) in [6, 6.07) is 2.13. The van der Waals surface area contributed by atoms with Crippen LogP contribution in [0.25, 0.3) is 0 Å². The molecular weight excluding hydrogens is 324 g/mol. The fourth-order valence-electron chi connectivity index (χ4n) is 1.67. The van der Waals surface area contributed by atoms with E-state index >= 15 is 0 Å². The van der Waals surface area contributed by atoms with Gasteiger partial charge in [0.2, 0.25) is 0 Å². The zero-order valence-electron chi connectivity index (χ0n) is 11.1. The smallest absolute Gasteiger partial charge is 0.147 e. The van der Waals surface area contributed by atoms with Crippen molar-refractivity contribution in [1.29, 1.82) is 0 Å². The summed E-state index contributed by atoms with van der Waals surface area (Å²) in [5.41, 5.74) is 2.25. The predicted octanol–water partition coefficient (Wildman–Crippen LogP) is 3.05. The lowest BCUT2D eigenvalue weighted by Gasteiger charge is -2.17. The van der Waals surface area contributed by atoms with Crippen molar-refractivity contribution in [3.8, 4) is 0 Å². The molecule has 0 saturated carbocycles. The Balaban J connectivity index is 1.97. The van der Waals surface area contributed by atoms with Gasteiger partial charge in [-0.2, -0.15) is 0 Å². The maximum Gasteiger partial charge on any atom is 0.147 e. The van der Waals surface area contributed by atoms with Crippen molar-refractivity contribution in [3.63, 3.8) is 0 Å². The van der Waals surface area contributed by atoms with Crippen LogP contribution in [-0.2, 0) is 13.1 Å². The molecule has 0 spiro atoms. The third-order valence-corrected chi connectivity index (χ3v) is 4.23. The topological polar surface area (TPSA) is 41.1 Å². The highest BCUT2D eigenvalue weighted by atomic mass is 79.9. The van der Waals surface area contributed by atoms with E-state index in [-0.39, 0.29) is 0 Å². The van der Waals surface area contributed by atoms with Crippen LogP contribution in [0.2, 0.25) is 0 Å². The molecule has 19 heavy (non-hydrogen) atoms. The average Bonchev–Trinajstić information content (AvgIpc) is 2.82. The van der Waals surface area contributed by atoms with Gasteiger partial charge in [0.1, 0.15) is 5.82 Å². The number of hydrogen-bond donors (Lipinski definition) is 1. The van der Waals surface area contributed by atoms with E-state index in [9.17, 15) is 0 Å². The maximum atomic E-state index is 4.45. The van der Waals surface area contributed by atoms with Gasteiger partial charge in [0.05, 0.1) is 21.9 Å². The van der Waals surface area contributed by atoms with Gasteiger partial charge in [-0.15, -0.1) is 11.3 Å². The molecule has 2 aromatic heterocycles. The van der Waals surface area contributed by atoms with E-state index in [1.54, 1.807) is 11.3 Å². The van der Waals surface area contributed by atoms with Crippen molar-refractivity contribution in [3.05, 3.63) is 38.9 Å². The van der Waals surface area contributed by atoms with Gasteiger partial charge in [-0.25, -0.2) is 4.98 Å². The molecule has 0 atom stereocenters. The van der Waals surface area contributed by atoms with Crippen molar-refractivity contribution in [2.75, 3.05) is 18.5 Å². The Hall–Kier alpha value is -0.980. The number of nitrogens with zero attached hydrogens (tertiary/aromatic N) is 3. The fraction of sp³-hybridized carbons (Fsp3) is 0.385. The van der Waals surface area contributed by atoms with Gasteiger partial charge < -0.3 is 10.2 Å². The number of halogens is 1. The molecule has 2 aromatic rings. The Morgan fingerprint density at radius 2 is 2.21 bits per heavy atom. The van der Waals surface area contributed by atoms with Gasteiger partial charge >= 0.3 is 0 Å². The average molecular weight is 341 g/mol. The molecule has 0 aromatic carbocycles. The van der Waals surface area contributed by atoms with Crippen LogP contribution < -0.4 is 10.2 Å². The standard InChI is InChI=1S/C13H17BrN4S/c1-3-15-5-11-6-17-13(7-16-11)18(2)8-10-4-12(14)19-9-10/h4,6-7,9,15H,3,5,8H2,1-2H3. The second-order valence-electron chi connectivity index (χ2n) is 4.26. The fourth-order valence-corrected chi connectivity index (χ4v) is 2.87. The molecule has 0 aliphatic carbocycles. The third-order valence-electron chi connectivity index (χ3n) is 2.68. The monoisotopic (exact) mass is 340 g/mol. The minimum Gasteiger partial charge on any atom is -0.354 e. The van der Waals surface area contributed by atoms with Gasteiger partial charge in [-0.3, -0.25) is 4.98 Å². The molecule has 0 amide bonds. The highest BCUT2D eigenvalue weighted by Gasteiger charge is 2.06. The van der Waals surface area contributed by atoms with Gasteiger partial charge in [0.25, 0.3) is 0 Å². The quantitative estimate of drug-likeness (QED) is 0.877. The van der Waals surface area contributed by atoms with Crippen LogP contribution >= 0.6 is 27.3 Å². The second kappa shape index (κ2) is 6.98. The van der Waals surface area contributed by atoms with Crippen LogP contribution in [0.3, 0.4) is 0 Å². The SMILES string of the molecule is CCNCc1cnc(N(C)Cc2csc(Br)c2)cn1. The Morgan fingerprint density at radius 1 is 1.37 bits per heavy atom. The highest BCUT2D eigenvalue weighted by Crippen LogP contribution is 2.22. The molecule has 0 saturated heterocycles. The van der Waals surface area contributed by atoms with Crippen LogP contribution in [0.5, 0.6) is 0 Å². The highest BCUT2D eigenvalue weighted by molar-refractivity contribution is 9.11. The zero-order valence-corrected chi connectivity index (χ0v) is 13.5. The summed E-state index contributed by atoms with van der Waals surface area (Å²) >= 11 is 5.18. The Morgan fingerprint density at radius 3 is 2.79 bits per heavy atom. The van der Waals surface area contributed by atoms with Crippen LogP contribution in [0.15, 0.2) is 27.6 Å². The summed E-state index contributed by atoms with van der Waals surface area (Å²) in [6.45, 7) is 4.62. The molecule has 0 aliphatic heterocycles. The van der Waals surface area contributed by atoms with Crippen LogP contribution in [-0.4, -0.2) is 23.6 Å². The summed E-state index contributed by atoms with van der Waals surface area (Å²) < 4.78 is 1.16. The van der Waals surface area contributed by atoms with Gasteiger partial charge in [0.15, 0.2) is 0 Å². The lowest BCUT2D eigenvalue weighted by atomic mass is 10.3. The van der Waals surface area contributed by atoms with E-state index in [1.807, 2.05) is 19.4 Å². The summed E-state index contributed by atoms with van der Waals surface area (Å²) in [6.07, 6.45) is 3.66. The Labute approximate surface area is 126 Å². The summed E-state index contributed by atoms with van der Waals surface area (Å²) in [4.78, 5) is 11.0. The minimum absolute atomic E-state index is 0.769. The van der Waals surface area contributed by atoms with Gasteiger partial charge in [-0.05, 0) is 39.5 Å².